The second kappa shape index (κ2) is 8.15. The van der Waals surface area contributed by atoms with Crippen LogP contribution in [0.2, 0.25) is 0 Å². The Hall–Kier alpha value is -1.66. The third-order valence-electron chi connectivity index (χ3n) is 4.51. The van der Waals surface area contributed by atoms with Crippen molar-refractivity contribution < 1.29 is 9.13 Å². The molecular formula is C22H22FNOS2. The SMILES string of the molecule is CN(C)CCCOCc1cc2c(s1)-c1ccc(F)cc1Sc1ccccc1-2. The van der Waals surface area contributed by atoms with Crippen LogP contribution < -0.4 is 0 Å². The fraction of sp³-hybridized carbons (Fsp3) is 0.273. The molecule has 0 fully saturated rings. The molecule has 1 aromatic heterocycles. The molecule has 0 spiro atoms. The Bertz CT molecular complexity index is 951. The fourth-order valence-corrected chi connectivity index (χ4v) is 5.57. The van der Waals surface area contributed by atoms with Gasteiger partial charge in [0.15, 0.2) is 0 Å². The predicted molar refractivity (Wildman–Crippen MR) is 112 cm³/mol. The van der Waals surface area contributed by atoms with Crippen LogP contribution in [0.1, 0.15) is 11.3 Å². The maximum atomic E-state index is 13.8. The molecule has 0 aliphatic carbocycles. The first-order chi connectivity index (χ1) is 13.1. The summed E-state index contributed by atoms with van der Waals surface area (Å²) < 4.78 is 19.7. The highest BCUT2D eigenvalue weighted by Gasteiger charge is 2.22. The third kappa shape index (κ3) is 4.11. The first-order valence-electron chi connectivity index (χ1n) is 9.04. The monoisotopic (exact) mass is 399 g/mol. The maximum absolute atomic E-state index is 13.8. The Labute approximate surface area is 168 Å². The molecule has 1 aliphatic rings. The van der Waals surface area contributed by atoms with Crippen LogP contribution in [0.25, 0.3) is 21.6 Å². The third-order valence-corrected chi connectivity index (χ3v) is 6.78. The van der Waals surface area contributed by atoms with Gasteiger partial charge >= 0.3 is 0 Å². The number of ether oxygens (including phenoxy) is 1. The number of hydrogen-bond donors (Lipinski definition) is 0. The summed E-state index contributed by atoms with van der Waals surface area (Å²) in [5, 5.41) is 0. The summed E-state index contributed by atoms with van der Waals surface area (Å²) in [5.41, 5.74) is 3.54. The molecule has 27 heavy (non-hydrogen) atoms. The minimum absolute atomic E-state index is 0.191. The highest BCUT2D eigenvalue weighted by atomic mass is 32.2. The first kappa shape index (κ1) is 18.7. The highest BCUT2D eigenvalue weighted by Crippen LogP contribution is 2.51. The van der Waals surface area contributed by atoms with Gasteiger partial charge in [-0.15, -0.1) is 11.3 Å². The Morgan fingerprint density at radius 2 is 1.81 bits per heavy atom. The van der Waals surface area contributed by atoms with Gasteiger partial charge in [0.1, 0.15) is 5.82 Å². The van der Waals surface area contributed by atoms with E-state index in [-0.39, 0.29) is 5.82 Å². The van der Waals surface area contributed by atoms with E-state index in [1.807, 2.05) is 12.1 Å². The summed E-state index contributed by atoms with van der Waals surface area (Å²) in [4.78, 5) is 6.72. The first-order valence-corrected chi connectivity index (χ1v) is 10.7. The lowest BCUT2D eigenvalue weighted by molar-refractivity contribution is 0.115. The summed E-state index contributed by atoms with van der Waals surface area (Å²) >= 11 is 3.40. The van der Waals surface area contributed by atoms with Crippen LogP contribution >= 0.6 is 23.1 Å². The van der Waals surface area contributed by atoms with Crippen LogP contribution in [0.15, 0.2) is 58.3 Å². The average Bonchev–Trinajstić information content (AvgIpc) is 3.00. The van der Waals surface area contributed by atoms with Gasteiger partial charge in [0, 0.05) is 37.3 Å². The molecule has 2 heterocycles. The van der Waals surface area contributed by atoms with Gasteiger partial charge in [-0.05, 0) is 63.0 Å². The molecular weight excluding hydrogens is 377 g/mol. The predicted octanol–water partition coefficient (Wildman–Crippen LogP) is 6.15. The Balaban J connectivity index is 1.65. The molecule has 0 N–H and O–H groups in total. The number of hydrogen-bond acceptors (Lipinski definition) is 4. The van der Waals surface area contributed by atoms with Crippen molar-refractivity contribution in [1.82, 2.24) is 4.90 Å². The number of thiophene rings is 1. The largest absolute Gasteiger partial charge is 0.376 e. The normalized spacial score (nSPS) is 12.4. The van der Waals surface area contributed by atoms with Crippen molar-refractivity contribution in [3.05, 3.63) is 59.2 Å². The Kier molecular flexibility index (Phi) is 5.64. The minimum Gasteiger partial charge on any atom is -0.376 e. The zero-order valence-corrected chi connectivity index (χ0v) is 17.1. The number of benzene rings is 2. The van der Waals surface area contributed by atoms with Gasteiger partial charge in [-0.2, -0.15) is 0 Å². The van der Waals surface area contributed by atoms with Gasteiger partial charge in [-0.3, -0.25) is 0 Å². The molecule has 3 aromatic rings. The maximum Gasteiger partial charge on any atom is 0.124 e. The number of rotatable bonds is 6. The minimum atomic E-state index is -0.191. The fourth-order valence-electron chi connectivity index (χ4n) is 3.23. The smallest absolute Gasteiger partial charge is 0.124 e. The van der Waals surface area contributed by atoms with Crippen LogP contribution in [0.3, 0.4) is 0 Å². The van der Waals surface area contributed by atoms with E-state index >= 15 is 0 Å². The Morgan fingerprint density at radius 3 is 2.67 bits per heavy atom. The van der Waals surface area contributed by atoms with Gasteiger partial charge in [0.25, 0.3) is 0 Å². The summed E-state index contributed by atoms with van der Waals surface area (Å²) in [6, 6.07) is 15.7. The molecule has 0 saturated heterocycles. The quantitative estimate of drug-likeness (QED) is 0.361. The van der Waals surface area contributed by atoms with E-state index in [2.05, 4.69) is 43.3 Å². The zero-order chi connectivity index (χ0) is 18.8. The van der Waals surface area contributed by atoms with Crippen LogP contribution in [0.4, 0.5) is 4.39 Å². The van der Waals surface area contributed by atoms with Crippen LogP contribution in [0.5, 0.6) is 0 Å². The van der Waals surface area contributed by atoms with Gasteiger partial charge in [0.05, 0.1) is 6.61 Å². The van der Waals surface area contributed by atoms with Crippen molar-refractivity contribution in [1.29, 1.82) is 0 Å². The standard InChI is InChI=1S/C22H22FNOS2/c1-24(2)10-5-11-25-14-16-13-19-17-6-3-4-7-20(17)27-21-12-15(23)8-9-18(21)22(19)26-16/h3-4,6-9,12-13H,5,10-11,14H2,1-2H3. The number of fused-ring (bicyclic) bond motifs is 5. The summed E-state index contributed by atoms with van der Waals surface area (Å²) in [6.07, 6.45) is 1.03. The van der Waals surface area contributed by atoms with Crippen molar-refractivity contribution in [2.45, 2.75) is 22.8 Å². The molecule has 0 amide bonds. The van der Waals surface area contributed by atoms with Crippen LogP contribution in [0, 0.1) is 5.82 Å². The second-order valence-corrected chi connectivity index (χ2v) is 9.12. The molecule has 2 aromatic carbocycles. The van der Waals surface area contributed by atoms with Crippen molar-refractivity contribution in [2.24, 2.45) is 0 Å². The summed E-state index contributed by atoms with van der Waals surface area (Å²) in [6.45, 7) is 2.41. The number of nitrogens with zero attached hydrogens (tertiary/aromatic N) is 1. The van der Waals surface area contributed by atoms with Gasteiger partial charge in [0.2, 0.25) is 0 Å². The van der Waals surface area contributed by atoms with Gasteiger partial charge in [-0.1, -0.05) is 30.0 Å². The summed E-state index contributed by atoms with van der Waals surface area (Å²) in [5.74, 6) is -0.191. The van der Waals surface area contributed by atoms with Gasteiger partial charge < -0.3 is 9.64 Å². The van der Waals surface area contributed by atoms with Crippen molar-refractivity contribution in [2.75, 3.05) is 27.2 Å². The van der Waals surface area contributed by atoms with E-state index in [1.54, 1.807) is 35.2 Å². The van der Waals surface area contributed by atoms with E-state index in [0.717, 1.165) is 30.0 Å². The molecule has 1 aliphatic heterocycles. The van der Waals surface area contributed by atoms with E-state index in [0.29, 0.717) is 6.61 Å². The molecule has 0 saturated carbocycles. The van der Waals surface area contributed by atoms with Crippen molar-refractivity contribution in [3.8, 4) is 21.6 Å². The topological polar surface area (TPSA) is 12.5 Å². The van der Waals surface area contributed by atoms with E-state index in [9.17, 15) is 4.39 Å². The van der Waals surface area contributed by atoms with Crippen LogP contribution in [-0.4, -0.2) is 32.1 Å². The molecule has 0 bridgehead atoms. The lowest BCUT2D eigenvalue weighted by Gasteiger charge is -2.09. The van der Waals surface area contributed by atoms with E-state index in [4.69, 9.17) is 4.74 Å². The zero-order valence-electron chi connectivity index (χ0n) is 15.5. The molecule has 0 radical (unpaired) electrons. The molecule has 5 heteroatoms. The highest BCUT2D eigenvalue weighted by molar-refractivity contribution is 7.99. The molecule has 0 atom stereocenters. The average molecular weight is 400 g/mol. The van der Waals surface area contributed by atoms with Crippen LogP contribution in [-0.2, 0) is 11.3 Å². The lowest BCUT2D eigenvalue weighted by atomic mass is 10.0. The van der Waals surface area contributed by atoms with Crippen molar-refractivity contribution >= 4 is 23.1 Å². The second-order valence-electron chi connectivity index (χ2n) is 6.90. The van der Waals surface area contributed by atoms with E-state index < -0.39 is 0 Å². The Morgan fingerprint density at radius 1 is 0.963 bits per heavy atom. The molecule has 2 nitrogen and oxygen atoms in total. The lowest BCUT2D eigenvalue weighted by Crippen LogP contribution is -2.14. The van der Waals surface area contributed by atoms with Crippen molar-refractivity contribution in [3.63, 3.8) is 0 Å². The molecule has 140 valence electrons. The number of halogens is 1. The van der Waals surface area contributed by atoms with E-state index in [1.165, 1.54) is 25.8 Å². The molecule has 4 rings (SSSR count). The summed E-state index contributed by atoms with van der Waals surface area (Å²) in [7, 11) is 4.15. The van der Waals surface area contributed by atoms with Gasteiger partial charge in [-0.25, -0.2) is 4.39 Å². The molecule has 0 unspecified atom stereocenters.